The third-order valence-electron chi connectivity index (χ3n) is 7.97. The van der Waals surface area contributed by atoms with Crippen LogP contribution in [0.2, 0.25) is 0 Å². The lowest BCUT2D eigenvalue weighted by Crippen LogP contribution is -2.41. The highest BCUT2D eigenvalue weighted by Gasteiger charge is 2.57. The van der Waals surface area contributed by atoms with Crippen LogP contribution in [0.15, 0.2) is 70.1 Å². The van der Waals surface area contributed by atoms with Gasteiger partial charge in [-0.05, 0) is 80.6 Å². The molecule has 0 unspecified atom stereocenters. The predicted molar refractivity (Wildman–Crippen MR) is 158 cm³/mol. The van der Waals surface area contributed by atoms with E-state index < -0.39 is 11.3 Å². The van der Waals surface area contributed by atoms with E-state index in [0.717, 1.165) is 41.1 Å². The summed E-state index contributed by atoms with van der Waals surface area (Å²) in [5, 5.41) is 4.10. The van der Waals surface area contributed by atoms with Crippen LogP contribution in [0, 0.1) is 12.3 Å². The van der Waals surface area contributed by atoms with E-state index in [2.05, 4.69) is 26.2 Å². The van der Waals surface area contributed by atoms with E-state index in [9.17, 15) is 14.4 Å². The van der Waals surface area contributed by atoms with Gasteiger partial charge in [0, 0.05) is 39.5 Å². The molecule has 4 aromatic rings. The lowest BCUT2D eigenvalue weighted by Gasteiger charge is -2.27. The molecule has 2 aromatic carbocycles. The second-order valence-corrected chi connectivity index (χ2v) is 11.6. The van der Waals surface area contributed by atoms with Crippen LogP contribution in [0.4, 0.5) is 23.0 Å². The van der Waals surface area contributed by atoms with Gasteiger partial charge in [-0.15, -0.1) is 0 Å². The molecule has 2 heterocycles. The number of carbonyl (C=O) groups is 2. The van der Waals surface area contributed by atoms with Gasteiger partial charge in [0.25, 0.3) is 5.56 Å². The Hall–Kier alpha value is -4.05. The second kappa shape index (κ2) is 10.2. The lowest BCUT2D eigenvalue weighted by molar-refractivity contribution is -0.133. The molecule has 2 aliphatic rings. The number of aromatic nitrogens is 3. The SMILES string of the molecule is Cc1cc(=O)n(C2CCCC2)c2nc(Nc3ccc(N(C(=O)C4(C(N)=O)CC4)c4cccc(Br)c4)cc3)ncc12. The lowest BCUT2D eigenvalue weighted by atomic mass is 10.0. The maximum Gasteiger partial charge on any atom is 0.252 e. The van der Waals surface area contributed by atoms with Gasteiger partial charge in [0.2, 0.25) is 17.8 Å². The van der Waals surface area contributed by atoms with Gasteiger partial charge in [0.05, 0.1) is 5.69 Å². The van der Waals surface area contributed by atoms with Crippen molar-refractivity contribution in [2.24, 2.45) is 11.1 Å². The maximum absolute atomic E-state index is 13.6. The standard InChI is InChI=1S/C30H29BrN6O3/c1-18-15-25(38)37(21-6-2-3-7-21)26-24(18)17-33-29(35-26)34-20-9-11-22(12-10-20)36(23-8-4-5-19(31)16-23)28(40)30(13-14-30)27(32)39/h4-5,8-12,15-17,21H,2-3,6-7,13-14H2,1H3,(H2,32,39)(H,33,34,35). The molecule has 2 saturated carbocycles. The number of pyridine rings is 1. The van der Waals surface area contributed by atoms with Crippen LogP contribution < -0.4 is 21.5 Å². The van der Waals surface area contributed by atoms with Gasteiger partial charge in [-0.3, -0.25) is 23.9 Å². The molecule has 0 atom stereocenters. The van der Waals surface area contributed by atoms with Crippen LogP contribution in [-0.2, 0) is 9.59 Å². The number of hydrogen-bond acceptors (Lipinski definition) is 6. The average molecular weight is 602 g/mol. The normalized spacial score (nSPS) is 16.1. The fourth-order valence-corrected chi connectivity index (χ4v) is 5.96. The van der Waals surface area contributed by atoms with Gasteiger partial charge in [-0.2, -0.15) is 4.98 Å². The van der Waals surface area contributed by atoms with E-state index in [0.29, 0.717) is 41.5 Å². The second-order valence-electron chi connectivity index (χ2n) is 10.6. The number of halogens is 1. The third kappa shape index (κ3) is 4.66. The number of nitrogens with two attached hydrogens (primary N) is 1. The van der Waals surface area contributed by atoms with Crippen LogP contribution in [0.1, 0.15) is 50.1 Å². The average Bonchev–Trinajstić information content (AvgIpc) is 3.59. The van der Waals surface area contributed by atoms with Gasteiger partial charge < -0.3 is 11.1 Å². The number of nitrogens with one attached hydrogen (secondary N) is 1. The highest BCUT2D eigenvalue weighted by atomic mass is 79.9. The van der Waals surface area contributed by atoms with Crippen molar-refractivity contribution in [3.63, 3.8) is 0 Å². The Morgan fingerprint density at radius 2 is 1.80 bits per heavy atom. The highest BCUT2D eigenvalue weighted by molar-refractivity contribution is 9.10. The molecule has 0 saturated heterocycles. The van der Waals surface area contributed by atoms with Gasteiger partial charge in [-0.1, -0.05) is 34.8 Å². The number of aryl methyl sites for hydroxylation is 1. The number of fused-ring (bicyclic) bond motifs is 1. The number of anilines is 4. The molecule has 2 amide bonds. The molecule has 10 heteroatoms. The Morgan fingerprint density at radius 1 is 1.07 bits per heavy atom. The quantitative estimate of drug-likeness (QED) is 0.264. The van der Waals surface area contributed by atoms with Gasteiger partial charge in [0.15, 0.2) is 0 Å². The minimum absolute atomic E-state index is 0.0346. The Morgan fingerprint density at radius 3 is 2.45 bits per heavy atom. The molecule has 6 rings (SSSR count). The number of rotatable bonds is 7. The van der Waals surface area contributed by atoms with Crippen molar-refractivity contribution < 1.29 is 9.59 Å². The molecule has 0 aliphatic heterocycles. The first kappa shape index (κ1) is 26.2. The summed E-state index contributed by atoms with van der Waals surface area (Å²) < 4.78 is 2.63. The molecule has 204 valence electrons. The summed E-state index contributed by atoms with van der Waals surface area (Å²) in [6.07, 6.45) is 6.79. The monoisotopic (exact) mass is 600 g/mol. The van der Waals surface area contributed by atoms with Crippen LogP contribution >= 0.6 is 15.9 Å². The smallest absolute Gasteiger partial charge is 0.252 e. The summed E-state index contributed by atoms with van der Waals surface area (Å²) in [5.41, 5.74) is 7.86. The summed E-state index contributed by atoms with van der Waals surface area (Å²) in [6.45, 7) is 1.90. The third-order valence-corrected chi connectivity index (χ3v) is 8.46. The van der Waals surface area contributed by atoms with Gasteiger partial charge >= 0.3 is 0 Å². The Kier molecular flexibility index (Phi) is 6.66. The molecule has 9 nitrogen and oxygen atoms in total. The molecule has 2 aromatic heterocycles. The van der Waals surface area contributed by atoms with Crippen molar-refractivity contribution in [2.45, 2.75) is 51.5 Å². The van der Waals surface area contributed by atoms with Crippen molar-refractivity contribution in [1.82, 2.24) is 14.5 Å². The van der Waals surface area contributed by atoms with E-state index in [4.69, 9.17) is 10.7 Å². The molecule has 0 spiro atoms. The molecular formula is C30H29BrN6O3. The Balaban J connectivity index is 1.33. The number of nitrogens with zero attached hydrogens (tertiary/aromatic N) is 4. The summed E-state index contributed by atoms with van der Waals surface area (Å²) in [6, 6.07) is 16.4. The molecule has 0 radical (unpaired) electrons. The van der Waals surface area contributed by atoms with Gasteiger partial charge in [0.1, 0.15) is 11.1 Å². The zero-order valence-corrected chi connectivity index (χ0v) is 23.6. The maximum atomic E-state index is 13.6. The highest BCUT2D eigenvalue weighted by Crippen LogP contribution is 2.49. The molecule has 40 heavy (non-hydrogen) atoms. The summed E-state index contributed by atoms with van der Waals surface area (Å²) in [4.78, 5) is 49.6. The first-order valence-corrected chi connectivity index (χ1v) is 14.2. The first-order valence-electron chi connectivity index (χ1n) is 13.4. The zero-order valence-electron chi connectivity index (χ0n) is 22.1. The number of amides is 2. The van der Waals surface area contributed by atoms with Crippen LogP contribution in [0.25, 0.3) is 11.0 Å². The topological polar surface area (TPSA) is 123 Å². The van der Waals surface area contributed by atoms with E-state index in [1.165, 1.54) is 0 Å². The summed E-state index contributed by atoms with van der Waals surface area (Å²) in [7, 11) is 0. The van der Waals surface area contributed by atoms with E-state index in [1.807, 2.05) is 47.9 Å². The minimum atomic E-state index is -1.18. The number of primary amides is 1. The number of hydrogen-bond donors (Lipinski definition) is 2. The van der Waals surface area contributed by atoms with Crippen LogP contribution in [0.5, 0.6) is 0 Å². The molecular weight excluding hydrogens is 572 g/mol. The zero-order chi connectivity index (χ0) is 28.0. The van der Waals surface area contributed by atoms with Crippen LogP contribution in [-0.4, -0.2) is 26.3 Å². The van der Waals surface area contributed by atoms with E-state index in [1.54, 1.807) is 29.3 Å². The van der Waals surface area contributed by atoms with Gasteiger partial charge in [-0.25, -0.2) is 4.98 Å². The minimum Gasteiger partial charge on any atom is -0.369 e. The van der Waals surface area contributed by atoms with Crippen molar-refractivity contribution in [3.05, 3.63) is 81.2 Å². The van der Waals surface area contributed by atoms with Crippen molar-refractivity contribution >= 4 is 61.8 Å². The predicted octanol–water partition coefficient (Wildman–Crippen LogP) is 5.65. The van der Waals surface area contributed by atoms with Crippen molar-refractivity contribution in [2.75, 3.05) is 10.2 Å². The van der Waals surface area contributed by atoms with Crippen molar-refractivity contribution in [1.29, 1.82) is 0 Å². The fraction of sp³-hybridized carbons (Fsp3) is 0.300. The van der Waals surface area contributed by atoms with E-state index in [-0.39, 0.29) is 17.5 Å². The summed E-state index contributed by atoms with van der Waals surface area (Å²) >= 11 is 3.47. The largest absolute Gasteiger partial charge is 0.369 e. The molecule has 0 bridgehead atoms. The molecule has 2 fully saturated rings. The van der Waals surface area contributed by atoms with E-state index >= 15 is 0 Å². The summed E-state index contributed by atoms with van der Waals surface area (Å²) in [5.74, 6) is -0.560. The fourth-order valence-electron chi connectivity index (χ4n) is 5.57. The molecule has 2 aliphatic carbocycles. The molecule has 3 N–H and O–H groups in total. The Labute approximate surface area is 239 Å². The van der Waals surface area contributed by atoms with Crippen LogP contribution in [0.3, 0.4) is 0 Å². The Bertz CT molecular complexity index is 1690. The van der Waals surface area contributed by atoms with Crippen molar-refractivity contribution in [3.8, 4) is 0 Å². The number of benzene rings is 2. The number of carbonyl (C=O) groups excluding carboxylic acids is 2. The first-order chi connectivity index (χ1) is 19.3.